The number of ketones is 1. The summed E-state index contributed by atoms with van der Waals surface area (Å²) < 4.78 is 0. The molecule has 0 spiro atoms. The highest BCUT2D eigenvalue weighted by Crippen LogP contribution is 2.19. The van der Waals surface area contributed by atoms with E-state index in [0.29, 0.717) is 5.69 Å². The van der Waals surface area contributed by atoms with Crippen LogP contribution in [0.1, 0.15) is 38.2 Å². The quantitative estimate of drug-likeness (QED) is 0.824. The molecule has 0 saturated heterocycles. The van der Waals surface area contributed by atoms with Gasteiger partial charge in [0, 0.05) is 18.2 Å². The van der Waals surface area contributed by atoms with Crippen molar-refractivity contribution in [3.05, 3.63) is 30.1 Å². The topological polar surface area (TPSA) is 54.9 Å². The van der Waals surface area contributed by atoms with Gasteiger partial charge in [0.25, 0.3) is 0 Å². The van der Waals surface area contributed by atoms with Crippen molar-refractivity contribution in [3.8, 4) is 0 Å². The molecule has 2 rings (SSSR count). The molecule has 0 atom stereocenters. The Kier molecular flexibility index (Phi) is 3.03. The first kappa shape index (κ1) is 12.5. The highest BCUT2D eigenvalue weighted by atomic mass is 16.1. The minimum absolute atomic E-state index is 0.000427. The van der Waals surface area contributed by atoms with Gasteiger partial charge < -0.3 is 5.32 Å². The third-order valence-electron chi connectivity index (χ3n) is 2.42. The molecule has 4 nitrogen and oxygen atoms in total. The number of carbonyl (C=O) groups is 1. The number of carbonyl (C=O) groups excluding carboxylic acids is 1. The van der Waals surface area contributed by atoms with Crippen LogP contribution >= 0.6 is 0 Å². The Morgan fingerprint density at radius 1 is 1.22 bits per heavy atom. The fraction of sp³-hybridized carbons (Fsp3) is 0.357. The second-order valence-electron chi connectivity index (χ2n) is 5.39. The molecule has 0 aliphatic rings. The van der Waals surface area contributed by atoms with E-state index in [1.165, 1.54) is 13.1 Å². The van der Waals surface area contributed by atoms with Gasteiger partial charge in [-0.05, 0) is 39.0 Å². The van der Waals surface area contributed by atoms with Crippen LogP contribution in [0, 0.1) is 0 Å². The minimum atomic E-state index is -0.0682. The second kappa shape index (κ2) is 4.37. The van der Waals surface area contributed by atoms with Crippen molar-refractivity contribution in [3.63, 3.8) is 0 Å². The van der Waals surface area contributed by atoms with Gasteiger partial charge in [-0.15, -0.1) is 0 Å². The number of hydrogen-bond acceptors (Lipinski definition) is 4. The molecule has 0 bridgehead atoms. The lowest BCUT2D eigenvalue weighted by Crippen LogP contribution is -2.25. The van der Waals surface area contributed by atoms with E-state index < -0.39 is 0 Å². The molecule has 0 fully saturated rings. The number of nitrogens with zero attached hydrogens (tertiary/aromatic N) is 2. The highest BCUT2D eigenvalue weighted by molar-refractivity contribution is 5.93. The van der Waals surface area contributed by atoms with Crippen LogP contribution in [-0.4, -0.2) is 21.3 Å². The predicted molar refractivity (Wildman–Crippen MR) is 72.9 cm³/mol. The Hall–Kier alpha value is -1.97. The number of anilines is 1. The van der Waals surface area contributed by atoms with Crippen LogP contribution in [0.4, 0.5) is 5.69 Å². The zero-order valence-electron chi connectivity index (χ0n) is 11.1. The molecule has 4 heteroatoms. The van der Waals surface area contributed by atoms with Gasteiger partial charge >= 0.3 is 0 Å². The van der Waals surface area contributed by atoms with E-state index in [1.54, 1.807) is 0 Å². The molecule has 94 valence electrons. The van der Waals surface area contributed by atoms with E-state index in [2.05, 4.69) is 36.1 Å². The Morgan fingerprint density at radius 3 is 2.56 bits per heavy atom. The lowest BCUT2D eigenvalue weighted by molar-refractivity contribution is 0.101. The zero-order valence-corrected chi connectivity index (χ0v) is 11.1. The fourth-order valence-electron chi connectivity index (χ4n) is 1.69. The van der Waals surface area contributed by atoms with Crippen molar-refractivity contribution in [2.45, 2.75) is 33.2 Å². The summed E-state index contributed by atoms with van der Waals surface area (Å²) in [6.45, 7) is 7.79. The zero-order chi connectivity index (χ0) is 13.3. The summed E-state index contributed by atoms with van der Waals surface area (Å²) in [7, 11) is 0. The molecular formula is C14H17N3O. The normalized spacial score (nSPS) is 11.6. The monoisotopic (exact) mass is 243 g/mol. The first-order valence-corrected chi connectivity index (χ1v) is 5.91. The highest BCUT2D eigenvalue weighted by Gasteiger charge is 2.10. The second-order valence-corrected chi connectivity index (χ2v) is 5.39. The smallest absolute Gasteiger partial charge is 0.179 e. The first-order valence-electron chi connectivity index (χ1n) is 5.91. The molecule has 1 aromatic heterocycles. The van der Waals surface area contributed by atoms with Crippen LogP contribution in [0.5, 0.6) is 0 Å². The molecular weight excluding hydrogens is 226 g/mol. The molecule has 1 N–H and O–H groups in total. The molecule has 0 aliphatic carbocycles. The molecule has 0 saturated carbocycles. The average molecular weight is 243 g/mol. The summed E-state index contributed by atoms with van der Waals surface area (Å²) in [6.07, 6.45) is 1.52. The number of benzene rings is 1. The van der Waals surface area contributed by atoms with Gasteiger partial charge in [0.1, 0.15) is 5.69 Å². The number of fused-ring (bicyclic) bond motifs is 1. The van der Waals surface area contributed by atoms with Gasteiger partial charge in [0.05, 0.1) is 17.2 Å². The lowest BCUT2D eigenvalue weighted by Gasteiger charge is -2.22. The van der Waals surface area contributed by atoms with Crippen molar-refractivity contribution in [2.24, 2.45) is 0 Å². The van der Waals surface area contributed by atoms with Crippen LogP contribution in [-0.2, 0) is 0 Å². The maximum atomic E-state index is 11.2. The number of hydrogen-bond donors (Lipinski definition) is 1. The molecule has 0 radical (unpaired) electrons. The number of Topliss-reactive ketones (excluding diaryl/α,β-unsaturated/α-hetero) is 1. The van der Waals surface area contributed by atoms with Crippen molar-refractivity contribution in [2.75, 3.05) is 5.32 Å². The minimum Gasteiger partial charge on any atom is -0.380 e. The van der Waals surface area contributed by atoms with Gasteiger partial charge in [0.15, 0.2) is 5.78 Å². The number of rotatable bonds is 2. The van der Waals surface area contributed by atoms with E-state index in [4.69, 9.17) is 0 Å². The van der Waals surface area contributed by atoms with Gasteiger partial charge in [-0.25, -0.2) is 4.98 Å². The first-order chi connectivity index (χ1) is 8.35. The van der Waals surface area contributed by atoms with Gasteiger partial charge in [0.2, 0.25) is 0 Å². The van der Waals surface area contributed by atoms with Crippen molar-refractivity contribution in [1.82, 2.24) is 9.97 Å². The van der Waals surface area contributed by atoms with Crippen molar-refractivity contribution < 1.29 is 4.79 Å². The molecule has 0 unspecified atom stereocenters. The molecule has 0 amide bonds. The average Bonchev–Trinajstić information content (AvgIpc) is 2.26. The van der Waals surface area contributed by atoms with E-state index in [0.717, 1.165) is 16.7 Å². The van der Waals surface area contributed by atoms with Gasteiger partial charge in [-0.3, -0.25) is 9.78 Å². The Balaban J connectivity index is 2.41. The summed E-state index contributed by atoms with van der Waals surface area (Å²) in [4.78, 5) is 19.8. The van der Waals surface area contributed by atoms with Crippen LogP contribution in [0.2, 0.25) is 0 Å². The molecule has 1 aromatic carbocycles. The van der Waals surface area contributed by atoms with Crippen LogP contribution in [0.15, 0.2) is 24.4 Å². The molecule has 2 aromatic rings. The summed E-state index contributed by atoms with van der Waals surface area (Å²) in [5.74, 6) is -0.0682. The van der Waals surface area contributed by atoms with Crippen molar-refractivity contribution in [1.29, 1.82) is 0 Å². The van der Waals surface area contributed by atoms with E-state index in [1.807, 2.05) is 18.2 Å². The van der Waals surface area contributed by atoms with E-state index in [-0.39, 0.29) is 11.3 Å². The SMILES string of the molecule is CC(=O)c1cnc2cc(NC(C)(C)C)ccc2n1. The summed E-state index contributed by atoms with van der Waals surface area (Å²) in [6, 6.07) is 5.77. The van der Waals surface area contributed by atoms with Gasteiger partial charge in [-0.2, -0.15) is 0 Å². The maximum absolute atomic E-state index is 11.2. The maximum Gasteiger partial charge on any atom is 0.179 e. The molecule has 1 heterocycles. The largest absolute Gasteiger partial charge is 0.380 e. The number of aromatic nitrogens is 2. The van der Waals surface area contributed by atoms with Crippen molar-refractivity contribution >= 4 is 22.5 Å². The standard InChI is InChI=1S/C14H17N3O/c1-9(18)13-8-15-12-7-10(17-14(2,3)4)5-6-11(12)16-13/h5-8,17H,1-4H3. The van der Waals surface area contributed by atoms with Crippen LogP contribution < -0.4 is 5.32 Å². The van der Waals surface area contributed by atoms with Crippen LogP contribution in [0.3, 0.4) is 0 Å². The molecule has 0 aliphatic heterocycles. The lowest BCUT2D eigenvalue weighted by atomic mass is 10.1. The third kappa shape index (κ3) is 2.83. The Morgan fingerprint density at radius 2 is 1.94 bits per heavy atom. The summed E-state index contributed by atoms with van der Waals surface area (Å²) in [5.41, 5.74) is 2.93. The molecule has 18 heavy (non-hydrogen) atoms. The number of nitrogens with one attached hydrogen (secondary N) is 1. The predicted octanol–water partition coefficient (Wildman–Crippen LogP) is 3.04. The van der Waals surface area contributed by atoms with Gasteiger partial charge in [-0.1, -0.05) is 0 Å². The Bertz CT molecular complexity index is 600. The van der Waals surface area contributed by atoms with Crippen LogP contribution in [0.25, 0.3) is 11.0 Å². The fourth-order valence-corrected chi connectivity index (χ4v) is 1.69. The summed E-state index contributed by atoms with van der Waals surface area (Å²) >= 11 is 0. The third-order valence-corrected chi connectivity index (χ3v) is 2.42. The van der Waals surface area contributed by atoms with E-state index in [9.17, 15) is 4.79 Å². The summed E-state index contributed by atoms with van der Waals surface area (Å²) in [5, 5.41) is 3.38. The van der Waals surface area contributed by atoms with E-state index >= 15 is 0 Å². The Labute approximate surface area is 106 Å².